The molecule has 0 saturated carbocycles. The number of ether oxygens (including phenoxy) is 2. The molecule has 7 nitrogen and oxygen atoms in total. The molecular weight excluding hydrogens is 334 g/mol. The molecule has 3 heterocycles. The molecule has 8 heteroatoms. The SMILES string of the molecule is CCOC(=O)c1nc(Cl)c2nc(Oc3cccnc3)ccc2c1O. The van der Waals surface area contributed by atoms with Crippen molar-refractivity contribution in [3.8, 4) is 17.4 Å². The average molecular weight is 346 g/mol. The predicted molar refractivity (Wildman–Crippen MR) is 86.5 cm³/mol. The summed E-state index contributed by atoms with van der Waals surface area (Å²) in [7, 11) is 0. The summed E-state index contributed by atoms with van der Waals surface area (Å²) in [5, 5.41) is 10.5. The van der Waals surface area contributed by atoms with Crippen LogP contribution in [0.2, 0.25) is 5.15 Å². The number of carbonyl (C=O) groups is 1. The highest BCUT2D eigenvalue weighted by Gasteiger charge is 2.20. The first kappa shape index (κ1) is 15.9. The largest absolute Gasteiger partial charge is 0.505 e. The maximum Gasteiger partial charge on any atom is 0.360 e. The van der Waals surface area contributed by atoms with Crippen molar-refractivity contribution >= 4 is 28.5 Å². The van der Waals surface area contributed by atoms with Crippen LogP contribution in [0.3, 0.4) is 0 Å². The lowest BCUT2D eigenvalue weighted by Gasteiger charge is -2.09. The summed E-state index contributed by atoms with van der Waals surface area (Å²) >= 11 is 6.09. The number of carbonyl (C=O) groups excluding carboxylic acids is 1. The van der Waals surface area contributed by atoms with Crippen molar-refractivity contribution in [2.24, 2.45) is 0 Å². The Hall–Kier alpha value is -2.93. The first-order valence-corrected chi connectivity index (χ1v) is 7.42. The number of pyridine rings is 3. The normalized spacial score (nSPS) is 10.6. The fourth-order valence-corrected chi connectivity index (χ4v) is 2.28. The van der Waals surface area contributed by atoms with Gasteiger partial charge in [0.2, 0.25) is 5.88 Å². The minimum atomic E-state index is -0.755. The Morgan fingerprint density at radius 1 is 1.29 bits per heavy atom. The second-order valence-corrected chi connectivity index (χ2v) is 5.01. The molecule has 1 N–H and O–H groups in total. The molecule has 0 amide bonds. The summed E-state index contributed by atoms with van der Waals surface area (Å²) in [6, 6.07) is 6.53. The van der Waals surface area contributed by atoms with E-state index in [1.54, 1.807) is 37.4 Å². The van der Waals surface area contributed by atoms with Crippen LogP contribution in [0.5, 0.6) is 17.4 Å². The van der Waals surface area contributed by atoms with Crippen LogP contribution in [-0.2, 0) is 4.74 Å². The van der Waals surface area contributed by atoms with Gasteiger partial charge in [0, 0.05) is 17.6 Å². The third-order valence-corrected chi connectivity index (χ3v) is 3.34. The number of hydrogen-bond acceptors (Lipinski definition) is 7. The molecule has 0 aromatic carbocycles. The van der Waals surface area contributed by atoms with Gasteiger partial charge in [0.25, 0.3) is 0 Å². The lowest BCUT2D eigenvalue weighted by Crippen LogP contribution is -2.08. The standard InChI is InChI=1S/C16H12ClN3O4/c1-2-23-16(22)13-14(21)10-5-6-11(19-12(10)15(17)20-13)24-9-4-3-7-18-8-9/h3-8,21H,2H2,1H3. The van der Waals surface area contributed by atoms with Crippen molar-refractivity contribution in [1.82, 2.24) is 15.0 Å². The van der Waals surface area contributed by atoms with Crippen LogP contribution in [0.15, 0.2) is 36.7 Å². The van der Waals surface area contributed by atoms with Crippen molar-refractivity contribution in [2.75, 3.05) is 6.61 Å². The molecule has 0 unspecified atom stereocenters. The zero-order valence-electron chi connectivity index (χ0n) is 12.6. The second kappa shape index (κ2) is 6.67. The van der Waals surface area contributed by atoms with Crippen LogP contribution in [0.25, 0.3) is 10.9 Å². The molecule has 24 heavy (non-hydrogen) atoms. The predicted octanol–water partition coefficient (Wildman–Crippen LogP) is 3.35. The van der Waals surface area contributed by atoms with E-state index in [1.165, 1.54) is 6.20 Å². The summed E-state index contributed by atoms with van der Waals surface area (Å²) in [5.41, 5.74) is -0.0410. The maximum atomic E-state index is 11.8. The van der Waals surface area contributed by atoms with Crippen molar-refractivity contribution < 1.29 is 19.4 Å². The van der Waals surface area contributed by atoms with Gasteiger partial charge in [-0.05, 0) is 25.1 Å². The Kier molecular flexibility index (Phi) is 4.43. The number of fused-ring (bicyclic) bond motifs is 1. The highest BCUT2D eigenvalue weighted by molar-refractivity contribution is 6.34. The fraction of sp³-hybridized carbons (Fsp3) is 0.125. The van der Waals surface area contributed by atoms with Gasteiger partial charge in [0.15, 0.2) is 16.6 Å². The number of hydrogen-bond donors (Lipinski definition) is 1. The number of nitrogens with zero attached hydrogens (tertiary/aromatic N) is 3. The summed E-state index contributed by atoms with van der Waals surface area (Å²) < 4.78 is 10.4. The van der Waals surface area contributed by atoms with Gasteiger partial charge < -0.3 is 14.6 Å². The minimum absolute atomic E-state index is 0.0394. The second-order valence-electron chi connectivity index (χ2n) is 4.66. The van der Waals surface area contributed by atoms with Crippen molar-refractivity contribution in [3.05, 3.63) is 47.5 Å². The topological polar surface area (TPSA) is 94.4 Å². The van der Waals surface area contributed by atoms with Crippen molar-refractivity contribution in [1.29, 1.82) is 0 Å². The van der Waals surface area contributed by atoms with E-state index in [-0.39, 0.29) is 40.0 Å². The molecule has 3 aromatic rings. The van der Waals surface area contributed by atoms with Crippen LogP contribution in [0.4, 0.5) is 0 Å². The third kappa shape index (κ3) is 3.07. The van der Waals surface area contributed by atoms with Crippen molar-refractivity contribution in [2.45, 2.75) is 6.92 Å². The third-order valence-electron chi connectivity index (χ3n) is 3.08. The number of aromatic hydroxyl groups is 1. The van der Waals surface area contributed by atoms with Gasteiger partial charge in [-0.25, -0.2) is 14.8 Å². The van der Waals surface area contributed by atoms with Gasteiger partial charge in [-0.3, -0.25) is 4.98 Å². The van der Waals surface area contributed by atoms with Crippen LogP contribution in [0, 0.1) is 0 Å². The summed E-state index contributed by atoms with van der Waals surface area (Å²) in [4.78, 5) is 23.9. The van der Waals surface area contributed by atoms with Crippen LogP contribution >= 0.6 is 11.6 Å². The summed E-state index contributed by atoms with van der Waals surface area (Å²) in [6.07, 6.45) is 3.16. The number of aromatic nitrogens is 3. The Bertz CT molecular complexity index is 903. The van der Waals surface area contributed by atoms with E-state index in [0.29, 0.717) is 5.75 Å². The van der Waals surface area contributed by atoms with E-state index in [4.69, 9.17) is 21.1 Å². The van der Waals surface area contributed by atoms with Gasteiger partial charge in [-0.2, -0.15) is 0 Å². The molecular formula is C16H12ClN3O4. The molecule has 3 rings (SSSR count). The molecule has 3 aromatic heterocycles. The minimum Gasteiger partial charge on any atom is -0.505 e. The smallest absolute Gasteiger partial charge is 0.360 e. The highest BCUT2D eigenvalue weighted by atomic mass is 35.5. The molecule has 0 atom stereocenters. The van der Waals surface area contributed by atoms with Crippen molar-refractivity contribution in [3.63, 3.8) is 0 Å². The lowest BCUT2D eigenvalue weighted by atomic mass is 10.2. The van der Waals surface area contributed by atoms with Crippen LogP contribution in [0.1, 0.15) is 17.4 Å². The Morgan fingerprint density at radius 2 is 2.12 bits per heavy atom. The molecule has 0 fully saturated rings. The summed E-state index contributed by atoms with van der Waals surface area (Å²) in [6.45, 7) is 1.81. The maximum absolute atomic E-state index is 11.8. The van der Waals surface area contributed by atoms with Crippen LogP contribution < -0.4 is 4.74 Å². The first-order chi connectivity index (χ1) is 11.6. The quantitative estimate of drug-likeness (QED) is 0.572. The molecule has 122 valence electrons. The number of rotatable bonds is 4. The van der Waals surface area contributed by atoms with E-state index in [9.17, 15) is 9.90 Å². The highest BCUT2D eigenvalue weighted by Crippen LogP contribution is 2.33. The Morgan fingerprint density at radius 3 is 2.83 bits per heavy atom. The van der Waals surface area contributed by atoms with Gasteiger partial charge >= 0.3 is 5.97 Å². The lowest BCUT2D eigenvalue weighted by molar-refractivity contribution is 0.0516. The first-order valence-electron chi connectivity index (χ1n) is 7.04. The van der Waals surface area contributed by atoms with Gasteiger partial charge in [-0.1, -0.05) is 11.6 Å². The van der Waals surface area contributed by atoms with E-state index >= 15 is 0 Å². The van der Waals surface area contributed by atoms with E-state index in [2.05, 4.69) is 15.0 Å². The van der Waals surface area contributed by atoms with Gasteiger partial charge in [0.1, 0.15) is 11.3 Å². The Labute approximate surface area is 141 Å². The van der Waals surface area contributed by atoms with E-state index in [0.717, 1.165) is 0 Å². The monoisotopic (exact) mass is 345 g/mol. The molecule has 0 saturated heterocycles. The number of halogens is 1. The molecule has 0 spiro atoms. The van der Waals surface area contributed by atoms with Crippen LogP contribution in [-0.4, -0.2) is 32.6 Å². The number of esters is 1. The van der Waals surface area contributed by atoms with E-state index in [1.807, 2.05) is 0 Å². The molecule has 0 aliphatic rings. The Balaban J connectivity index is 2.03. The van der Waals surface area contributed by atoms with Gasteiger partial charge in [-0.15, -0.1) is 0 Å². The summed E-state index contributed by atoms with van der Waals surface area (Å²) in [5.74, 6) is -0.342. The zero-order chi connectivity index (χ0) is 17.1. The zero-order valence-corrected chi connectivity index (χ0v) is 13.3. The fourth-order valence-electron chi connectivity index (χ4n) is 2.05. The van der Waals surface area contributed by atoms with E-state index < -0.39 is 5.97 Å². The van der Waals surface area contributed by atoms with Gasteiger partial charge in [0.05, 0.1) is 12.8 Å². The average Bonchev–Trinajstić information content (AvgIpc) is 2.59. The molecule has 0 bridgehead atoms. The molecule has 0 aliphatic carbocycles. The molecule has 0 aliphatic heterocycles. The molecule has 0 radical (unpaired) electrons.